The molecule has 1 aliphatic rings. The van der Waals surface area contributed by atoms with Crippen LogP contribution in [0.15, 0.2) is 42.5 Å². The Morgan fingerprint density at radius 3 is 2.72 bits per heavy atom. The van der Waals surface area contributed by atoms with E-state index in [0.29, 0.717) is 30.8 Å². The molecule has 0 amide bonds. The summed E-state index contributed by atoms with van der Waals surface area (Å²) in [4.78, 5) is 11.5. The Morgan fingerprint density at radius 2 is 2.04 bits per heavy atom. The predicted molar refractivity (Wildman–Crippen MR) is 96.4 cm³/mol. The lowest BCUT2D eigenvalue weighted by molar-refractivity contribution is -0.143. The van der Waals surface area contributed by atoms with Gasteiger partial charge in [-0.05, 0) is 43.0 Å². The van der Waals surface area contributed by atoms with E-state index in [0.717, 1.165) is 27.3 Å². The number of esters is 1. The molecular formula is C20H22N2O3. The van der Waals surface area contributed by atoms with Crippen LogP contribution < -0.4 is 5.06 Å². The summed E-state index contributed by atoms with van der Waals surface area (Å²) in [6.07, 6.45) is 0.967. The largest absolute Gasteiger partial charge is 0.466 e. The van der Waals surface area contributed by atoms with E-state index in [4.69, 9.17) is 10.1 Å². The van der Waals surface area contributed by atoms with Crippen molar-refractivity contribution in [1.29, 1.82) is 5.41 Å². The van der Waals surface area contributed by atoms with Crippen molar-refractivity contribution in [3.05, 3.63) is 64.7 Å². The molecule has 3 rings (SSSR count). The zero-order valence-electron chi connectivity index (χ0n) is 14.5. The van der Waals surface area contributed by atoms with Gasteiger partial charge in [-0.2, -0.15) is 0 Å². The molecule has 0 bridgehead atoms. The summed E-state index contributed by atoms with van der Waals surface area (Å²) >= 11 is 0. The summed E-state index contributed by atoms with van der Waals surface area (Å²) in [5.41, 5.74) is 4.72. The van der Waals surface area contributed by atoms with Crippen molar-refractivity contribution in [2.24, 2.45) is 0 Å². The van der Waals surface area contributed by atoms with Crippen LogP contribution in [0.25, 0.3) is 0 Å². The Kier molecular flexibility index (Phi) is 4.86. The number of aryl methyl sites for hydroxylation is 2. The second kappa shape index (κ2) is 7.07. The van der Waals surface area contributed by atoms with Gasteiger partial charge in [0.15, 0.2) is 0 Å². The van der Waals surface area contributed by atoms with Crippen molar-refractivity contribution in [3.63, 3.8) is 0 Å². The van der Waals surface area contributed by atoms with Crippen LogP contribution in [0.5, 0.6) is 0 Å². The first kappa shape index (κ1) is 17.2. The molecule has 0 saturated carbocycles. The molecule has 0 fully saturated rings. The third kappa shape index (κ3) is 3.28. The molecule has 1 unspecified atom stereocenters. The third-order valence-corrected chi connectivity index (χ3v) is 4.51. The number of anilines is 1. The van der Waals surface area contributed by atoms with Gasteiger partial charge in [0.05, 0.1) is 18.0 Å². The number of hydroxylamine groups is 1. The van der Waals surface area contributed by atoms with E-state index in [-0.39, 0.29) is 5.97 Å². The van der Waals surface area contributed by atoms with Gasteiger partial charge in [0, 0.05) is 12.0 Å². The molecule has 0 radical (unpaired) electrons. The van der Waals surface area contributed by atoms with Crippen molar-refractivity contribution < 1.29 is 14.7 Å². The van der Waals surface area contributed by atoms with E-state index in [1.54, 1.807) is 6.92 Å². The zero-order chi connectivity index (χ0) is 18.0. The van der Waals surface area contributed by atoms with Gasteiger partial charge < -0.3 is 10.1 Å². The van der Waals surface area contributed by atoms with Crippen LogP contribution in [0, 0.1) is 12.3 Å². The highest BCUT2D eigenvalue weighted by atomic mass is 16.5. The Bertz CT molecular complexity index is 816. The Morgan fingerprint density at radius 1 is 1.28 bits per heavy atom. The molecular weight excluding hydrogens is 316 g/mol. The minimum absolute atomic E-state index is 0.196. The summed E-state index contributed by atoms with van der Waals surface area (Å²) in [6, 6.07) is 12.8. The second-order valence-electron chi connectivity index (χ2n) is 6.17. The molecule has 1 aliphatic heterocycles. The van der Waals surface area contributed by atoms with Gasteiger partial charge in [0.1, 0.15) is 6.04 Å². The first-order valence-electron chi connectivity index (χ1n) is 8.44. The molecule has 2 aromatic carbocycles. The SMILES string of the molecule is CCOC(=O)CCc1ccc(C2C(=N)c3ccccc3N2O)c(C)c1. The zero-order valence-corrected chi connectivity index (χ0v) is 14.5. The number of ether oxygens (including phenoxy) is 1. The van der Waals surface area contributed by atoms with Gasteiger partial charge in [0.2, 0.25) is 0 Å². The molecule has 2 aromatic rings. The molecule has 5 nitrogen and oxygen atoms in total. The van der Waals surface area contributed by atoms with Gasteiger partial charge in [-0.15, -0.1) is 0 Å². The maximum atomic E-state index is 11.5. The highest BCUT2D eigenvalue weighted by Crippen LogP contribution is 2.39. The average molecular weight is 338 g/mol. The average Bonchev–Trinajstić information content (AvgIpc) is 2.85. The molecule has 25 heavy (non-hydrogen) atoms. The molecule has 1 atom stereocenters. The van der Waals surface area contributed by atoms with Crippen LogP contribution in [0.1, 0.15) is 41.6 Å². The fourth-order valence-electron chi connectivity index (χ4n) is 3.28. The normalized spacial score (nSPS) is 16.0. The lowest BCUT2D eigenvalue weighted by atomic mass is 9.94. The summed E-state index contributed by atoms with van der Waals surface area (Å²) in [6.45, 7) is 4.16. The number of carbonyl (C=O) groups excluding carboxylic acids is 1. The Hall–Kier alpha value is -2.66. The Balaban J connectivity index is 1.80. The number of fused-ring (bicyclic) bond motifs is 1. The number of hydrogen-bond donors (Lipinski definition) is 2. The molecule has 0 spiro atoms. The molecule has 1 heterocycles. The fourth-order valence-corrected chi connectivity index (χ4v) is 3.28. The van der Waals surface area contributed by atoms with Gasteiger partial charge in [0.25, 0.3) is 0 Å². The lowest BCUT2D eigenvalue weighted by Crippen LogP contribution is -2.24. The standard InChI is InChI=1S/C20H22N2O3/c1-3-25-18(23)11-9-14-8-10-15(13(2)12-14)20-19(21)16-6-4-5-7-17(16)22(20)24/h4-8,10,12,20-21,24H,3,9,11H2,1-2H3. The minimum atomic E-state index is -0.503. The smallest absolute Gasteiger partial charge is 0.306 e. The first-order chi connectivity index (χ1) is 12.0. The maximum absolute atomic E-state index is 11.5. The third-order valence-electron chi connectivity index (χ3n) is 4.51. The molecule has 130 valence electrons. The van der Waals surface area contributed by atoms with Crippen LogP contribution in [-0.4, -0.2) is 23.5 Å². The van der Waals surface area contributed by atoms with E-state index < -0.39 is 6.04 Å². The number of carbonyl (C=O) groups is 1. The van der Waals surface area contributed by atoms with Gasteiger partial charge in [-0.25, -0.2) is 5.06 Å². The first-order valence-corrected chi connectivity index (χ1v) is 8.44. The van der Waals surface area contributed by atoms with E-state index in [1.807, 2.05) is 49.4 Å². The van der Waals surface area contributed by atoms with Gasteiger partial charge in [-0.3, -0.25) is 10.0 Å². The van der Waals surface area contributed by atoms with Gasteiger partial charge >= 0.3 is 5.97 Å². The number of hydrogen-bond acceptors (Lipinski definition) is 5. The second-order valence-corrected chi connectivity index (χ2v) is 6.17. The van der Waals surface area contributed by atoms with E-state index >= 15 is 0 Å². The number of rotatable bonds is 5. The summed E-state index contributed by atoms with van der Waals surface area (Å²) < 4.78 is 4.96. The summed E-state index contributed by atoms with van der Waals surface area (Å²) in [5, 5.41) is 20.1. The van der Waals surface area contributed by atoms with Crippen molar-refractivity contribution in [2.75, 3.05) is 11.7 Å². The molecule has 5 heteroatoms. The predicted octanol–water partition coefficient (Wildman–Crippen LogP) is 3.81. The number of para-hydroxylation sites is 1. The molecule has 2 N–H and O–H groups in total. The van der Waals surface area contributed by atoms with Crippen LogP contribution in [0.4, 0.5) is 5.69 Å². The van der Waals surface area contributed by atoms with Crippen LogP contribution in [-0.2, 0) is 16.0 Å². The highest BCUT2D eigenvalue weighted by molar-refractivity contribution is 6.12. The van der Waals surface area contributed by atoms with E-state index in [1.165, 1.54) is 0 Å². The van der Waals surface area contributed by atoms with Crippen LogP contribution in [0.2, 0.25) is 0 Å². The van der Waals surface area contributed by atoms with E-state index in [2.05, 4.69) is 0 Å². The lowest BCUT2D eigenvalue weighted by Gasteiger charge is -2.22. The summed E-state index contributed by atoms with van der Waals surface area (Å²) in [7, 11) is 0. The van der Waals surface area contributed by atoms with Crippen molar-refractivity contribution >= 4 is 17.4 Å². The van der Waals surface area contributed by atoms with Crippen molar-refractivity contribution in [2.45, 2.75) is 32.7 Å². The highest BCUT2D eigenvalue weighted by Gasteiger charge is 2.35. The number of benzene rings is 2. The van der Waals surface area contributed by atoms with E-state index in [9.17, 15) is 10.0 Å². The molecule has 0 aliphatic carbocycles. The molecule has 0 saturated heterocycles. The minimum Gasteiger partial charge on any atom is -0.466 e. The molecule has 0 aromatic heterocycles. The quantitative estimate of drug-likeness (QED) is 0.813. The fraction of sp³-hybridized carbons (Fsp3) is 0.300. The summed E-state index contributed by atoms with van der Waals surface area (Å²) in [5.74, 6) is -0.196. The van der Waals surface area contributed by atoms with Crippen LogP contribution >= 0.6 is 0 Å². The Labute approximate surface area is 147 Å². The van der Waals surface area contributed by atoms with Crippen molar-refractivity contribution in [3.8, 4) is 0 Å². The monoisotopic (exact) mass is 338 g/mol. The van der Waals surface area contributed by atoms with Crippen molar-refractivity contribution in [1.82, 2.24) is 0 Å². The van der Waals surface area contributed by atoms with Gasteiger partial charge in [-0.1, -0.05) is 36.4 Å². The van der Waals surface area contributed by atoms with Crippen LogP contribution in [0.3, 0.4) is 0 Å². The number of nitrogens with one attached hydrogen (secondary N) is 1. The number of nitrogens with zero attached hydrogens (tertiary/aromatic N) is 1. The topological polar surface area (TPSA) is 73.6 Å². The maximum Gasteiger partial charge on any atom is 0.306 e.